The van der Waals surface area contributed by atoms with Gasteiger partial charge in [-0.1, -0.05) is 18.2 Å². The summed E-state index contributed by atoms with van der Waals surface area (Å²) in [6.07, 6.45) is -0.831. The normalized spacial score (nSPS) is 11.8. The van der Waals surface area contributed by atoms with E-state index in [2.05, 4.69) is 5.32 Å². The first kappa shape index (κ1) is 14.8. The Morgan fingerprint density at radius 1 is 1.29 bits per heavy atom. The highest BCUT2D eigenvalue weighted by Gasteiger charge is 2.17. The monoisotopic (exact) mass is 288 g/mol. The first-order valence-electron chi connectivity index (χ1n) is 6.55. The molecule has 1 amide bonds. The third-order valence-corrected chi connectivity index (χ3v) is 3.03. The van der Waals surface area contributed by atoms with E-state index in [9.17, 15) is 9.18 Å². The van der Waals surface area contributed by atoms with E-state index in [0.717, 1.165) is 5.56 Å². The van der Waals surface area contributed by atoms with Crippen molar-refractivity contribution < 1.29 is 13.9 Å². The van der Waals surface area contributed by atoms with Crippen LogP contribution in [0.2, 0.25) is 0 Å². The molecule has 4 nitrogen and oxygen atoms in total. The minimum Gasteiger partial charge on any atom is -0.478 e. The summed E-state index contributed by atoms with van der Waals surface area (Å²) >= 11 is 0. The predicted molar refractivity (Wildman–Crippen MR) is 80.7 cm³/mol. The van der Waals surface area contributed by atoms with Gasteiger partial charge in [0.1, 0.15) is 0 Å². The van der Waals surface area contributed by atoms with Crippen molar-refractivity contribution in [3.05, 3.63) is 53.8 Å². The molecule has 0 heterocycles. The van der Waals surface area contributed by atoms with E-state index < -0.39 is 11.9 Å². The lowest BCUT2D eigenvalue weighted by molar-refractivity contribution is -0.122. The third-order valence-electron chi connectivity index (χ3n) is 3.03. The van der Waals surface area contributed by atoms with Gasteiger partial charge in [0, 0.05) is 11.4 Å². The molecule has 0 bridgehead atoms. The Hall–Kier alpha value is -2.56. The van der Waals surface area contributed by atoms with Crippen molar-refractivity contribution in [3.8, 4) is 5.75 Å². The van der Waals surface area contributed by atoms with Crippen LogP contribution in [0.15, 0.2) is 42.5 Å². The molecule has 0 aromatic heterocycles. The van der Waals surface area contributed by atoms with Crippen molar-refractivity contribution in [2.45, 2.75) is 20.0 Å². The van der Waals surface area contributed by atoms with Crippen molar-refractivity contribution in [1.82, 2.24) is 0 Å². The molecule has 0 aliphatic rings. The number of anilines is 2. The average molecular weight is 288 g/mol. The van der Waals surface area contributed by atoms with Gasteiger partial charge < -0.3 is 15.8 Å². The highest BCUT2D eigenvalue weighted by Crippen LogP contribution is 2.20. The second-order valence-electron chi connectivity index (χ2n) is 4.75. The van der Waals surface area contributed by atoms with Gasteiger partial charge >= 0.3 is 0 Å². The molecule has 3 N–H and O–H groups in total. The number of halogens is 1. The van der Waals surface area contributed by atoms with E-state index in [4.69, 9.17) is 10.5 Å². The number of benzene rings is 2. The van der Waals surface area contributed by atoms with E-state index in [-0.39, 0.29) is 11.7 Å². The summed E-state index contributed by atoms with van der Waals surface area (Å²) < 4.78 is 18.8. The maximum absolute atomic E-state index is 13.5. The van der Waals surface area contributed by atoms with Crippen LogP contribution >= 0.6 is 0 Å². The molecule has 0 fully saturated rings. The molecule has 0 aliphatic carbocycles. The van der Waals surface area contributed by atoms with Crippen LogP contribution in [0.5, 0.6) is 5.75 Å². The fourth-order valence-corrected chi connectivity index (χ4v) is 1.79. The number of aryl methyl sites for hydroxylation is 1. The highest BCUT2D eigenvalue weighted by molar-refractivity contribution is 5.95. The van der Waals surface area contributed by atoms with Crippen LogP contribution in [-0.4, -0.2) is 12.0 Å². The maximum Gasteiger partial charge on any atom is 0.265 e. The lowest BCUT2D eigenvalue weighted by Gasteiger charge is -2.16. The minimum atomic E-state index is -0.831. The molecule has 5 heteroatoms. The molecule has 0 saturated carbocycles. The predicted octanol–water partition coefficient (Wildman–Crippen LogP) is 3.12. The van der Waals surface area contributed by atoms with Gasteiger partial charge in [0.25, 0.3) is 5.91 Å². The van der Waals surface area contributed by atoms with Crippen LogP contribution in [-0.2, 0) is 4.79 Å². The van der Waals surface area contributed by atoms with Crippen molar-refractivity contribution >= 4 is 17.3 Å². The molecule has 2 aromatic carbocycles. The van der Waals surface area contributed by atoms with Crippen molar-refractivity contribution in [2.24, 2.45) is 0 Å². The van der Waals surface area contributed by atoms with Gasteiger partial charge in [-0.15, -0.1) is 0 Å². The number of carbonyl (C=O) groups excluding carboxylic acids is 1. The average Bonchev–Trinajstić information content (AvgIpc) is 2.45. The lowest BCUT2D eigenvalue weighted by atomic mass is 10.1. The Kier molecular flexibility index (Phi) is 4.42. The lowest BCUT2D eigenvalue weighted by Crippen LogP contribution is -2.30. The van der Waals surface area contributed by atoms with Crippen LogP contribution < -0.4 is 15.8 Å². The molecule has 0 spiro atoms. The summed E-state index contributed by atoms with van der Waals surface area (Å²) in [7, 11) is 0. The summed E-state index contributed by atoms with van der Waals surface area (Å²) in [5.41, 5.74) is 7.74. The number of hydrogen-bond acceptors (Lipinski definition) is 3. The molecule has 21 heavy (non-hydrogen) atoms. The second kappa shape index (κ2) is 6.26. The van der Waals surface area contributed by atoms with Crippen LogP contribution in [0.25, 0.3) is 0 Å². The fourth-order valence-electron chi connectivity index (χ4n) is 1.79. The smallest absolute Gasteiger partial charge is 0.265 e. The number of amides is 1. The molecule has 1 atom stereocenters. The summed E-state index contributed by atoms with van der Waals surface area (Å²) in [5.74, 6) is -0.825. The molecule has 2 rings (SSSR count). The van der Waals surface area contributed by atoms with Gasteiger partial charge in [0.2, 0.25) is 0 Å². The third kappa shape index (κ3) is 3.72. The van der Waals surface area contributed by atoms with Crippen molar-refractivity contribution in [2.75, 3.05) is 11.1 Å². The number of nitrogens with one attached hydrogen (secondary N) is 1. The maximum atomic E-state index is 13.5. The topological polar surface area (TPSA) is 64.3 Å². The zero-order chi connectivity index (χ0) is 15.4. The molecule has 0 radical (unpaired) electrons. The van der Waals surface area contributed by atoms with Gasteiger partial charge in [-0.2, -0.15) is 0 Å². The van der Waals surface area contributed by atoms with Crippen molar-refractivity contribution in [3.63, 3.8) is 0 Å². The van der Waals surface area contributed by atoms with Gasteiger partial charge in [-0.25, -0.2) is 4.39 Å². The number of nitrogen functional groups attached to an aromatic ring is 1. The largest absolute Gasteiger partial charge is 0.478 e. The standard InChI is InChI=1S/C16H17FN2O2/c1-10-7-8-12(18)9-14(10)19-16(20)11(2)21-15-6-4-3-5-13(15)17/h3-9,11H,18H2,1-2H3,(H,19,20). The van der Waals surface area contributed by atoms with E-state index in [1.807, 2.05) is 13.0 Å². The Morgan fingerprint density at radius 3 is 2.71 bits per heavy atom. The summed E-state index contributed by atoms with van der Waals surface area (Å²) in [6.45, 7) is 3.42. The van der Waals surface area contributed by atoms with Crippen LogP contribution in [0.4, 0.5) is 15.8 Å². The number of ether oxygens (including phenoxy) is 1. The minimum absolute atomic E-state index is 0.0458. The molecular formula is C16H17FN2O2. The van der Waals surface area contributed by atoms with E-state index in [0.29, 0.717) is 11.4 Å². The van der Waals surface area contributed by atoms with Crippen LogP contribution in [0.1, 0.15) is 12.5 Å². The van der Waals surface area contributed by atoms with E-state index in [1.165, 1.54) is 12.1 Å². The number of para-hydroxylation sites is 1. The Bertz CT molecular complexity index is 658. The summed E-state index contributed by atoms with van der Waals surface area (Å²) in [5, 5.41) is 2.72. The van der Waals surface area contributed by atoms with Gasteiger partial charge in [-0.05, 0) is 43.7 Å². The Labute approximate surface area is 122 Å². The van der Waals surface area contributed by atoms with E-state index >= 15 is 0 Å². The number of carbonyl (C=O) groups is 1. The molecular weight excluding hydrogens is 271 g/mol. The zero-order valence-corrected chi connectivity index (χ0v) is 11.9. The Morgan fingerprint density at radius 2 is 2.00 bits per heavy atom. The molecule has 2 aromatic rings. The summed E-state index contributed by atoms with van der Waals surface area (Å²) in [6, 6.07) is 11.2. The fraction of sp³-hybridized carbons (Fsp3) is 0.188. The molecule has 1 unspecified atom stereocenters. The number of rotatable bonds is 4. The number of hydrogen-bond donors (Lipinski definition) is 2. The first-order chi connectivity index (χ1) is 9.97. The summed E-state index contributed by atoms with van der Waals surface area (Å²) in [4.78, 5) is 12.1. The van der Waals surface area contributed by atoms with Gasteiger partial charge in [0.05, 0.1) is 0 Å². The molecule has 110 valence electrons. The second-order valence-corrected chi connectivity index (χ2v) is 4.75. The van der Waals surface area contributed by atoms with Crippen LogP contribution in [0, 0.1) is 12.7 Å². The molecule has 0 aliphatic heterocycles. The SMILES string of the molecule is Cc1ccc(N)cc1NC(=O)C(C)Oc1ccccc1F. The van der Waals surface area contributed by atoms with Gasteiger partial charge in [-0.3, -0.25) is 4.79 Å². The first-order valence-corrected chi connectivity index (χ1v) is 6.55. The van der Waals surface area contributed by atoms with Crippen LogP contribution in [0.3, 0.4) is 0 Å². The zero-order valence-electron chi connectivity index (χ0n) is 11.9. The quantitative estimate of drug-likeness (QED) is 0.850. The van der Waals surface area contributed by atoms with E-state index in [1.54, 1.807) is 31.2 Å². The molecule has 0 saturated heterocycles. The van der Waals surface area contributed by atoms with Gasteiger partial charge in [0.15, 0.2) is 17.7 Å². The Balaban J connectivity index is 2.06. The van der Waals surface area contributed by atoms with Crippen molar-refractivity contribution in [1.29, 1.82) is 0 Å². The highest BCUT2D eigenvalue weighted by atomic mass is 19.1. The number of nitrogens with two attached hydrogens (primary N) is 1.